The van der Waals surface area contributed by atoms with Gasteiger partial charge in [-0.25, -0.2) is 0 Å². The van der Waals surface area contributed by atoms with Crippen molar-refractivity contribution < 1.29 is 10.2 Å². The van der Waals surface area contributed by atoms with Gasteiger partial charge in [0.25, 0.3) is 0 Å². The van der Waals surface area contributed by atoms with E-state index in [1.54, 1.807) is 6.92 Å². The molecule has 2 aliphatic rings. The molecule has 1 unspecified atom stereocenters. The second kappa shape index (κ2) is 4.74. The van der Waals surface area contributed by atoms with Crippen LogP contribution in [0.3, 0.4) is 0 Å². The molecule has 98 valence electrons. The highest BCUT2D eigenvalue weighted by molar-refractivity contribution is 5.12. The number of fused-ring (bicyclic) bond motifs is 1. The number of allylic oxidation sites excluding steroid dienone is 2. The molecule has 5 atom stereocenters. The van der Waals surface area contributed by atoms with Crippen molar-refractivity contribution in [3.05, 3.63) is 11.6 Å². The van der Waals surface area contributed by atoms with E-state index in [9.17, 15) is 10.2 Å². The predicted molar refractivity (Wildman–Crippen MR) is 69.6 cm³/mol. The normalized spacial score (nSPS) is 41.4. The van der Waals surface area contributed by atoms with Gasteiger partial charge in [-0.1, -0.05) is 25.0 Å². The molecule has 1 fully saturated rings. The maximum atomic E-state index is 10.4. The maximum absolute atomic E-state index is 10.4. The maximum Gasteiger partial charge on any atom is 0.0883 e. The van der Waals surface area contributed by atoms with E-state index >= 15 is 0 Å². The molecule has 2 heteroatoms. The van der Waals surface area contributed by atoms with Crippen molar-refractivity contribution in [1.29, 1.82) is 0 Å². The summed E-state index contributed by atoms with van der Waals surface area (Å²) < 4.78 is 0. The van der Waals surface area contributed by atoms with Crippen molar-refractivity contribution in [2.24, 2.45) is 23.7 Å². The van der Waals surface area contributed by atoms with Gasteiger partial charge in [0.2, 0.25) is 0 Å². The molecule has 17 heavy (non-hydrogen) atoms. The van der Waals surface area contributed by atoms with Crippen LogP contribution >= 0.6 is 0 Å². The Bertz CT molecular complexity index is 306. The van der Waals surface area contributed by atoms with Crippen LogP contribution in [0.5, 0.6) is 0 Å². The Kier molecular flexibility index (Phi) is 3.65. The summed E-state index contributed by atoms with van der Waals surface area (Å²) in [5.74, 6) is 2.16. The van der Waals surface area contributed by atoms with Crippen LogP contribution in [0, 0.1) is 23.7 Å². The lowest BCUT2D eigenvalue weighted by Gasteiger charge is -2.48. The molecule has 0 amide bonds. The van der Waals surface area contributed by atoms with Crippen molar-refractivity contribution >= 4 is 0 Å². The van der Waals surface area contributed by atoms with E-state index in [4.69, 9.17) is 0 Å². The zero-order chi connectivity index (χ0) is 12.6. The van der Waals surface area contributed by atoms with Crippen molar-refractivity contribution in [1.82, 2.24) is 0 Å². The largest absolute Gasteiger partial charge is 0.393 e. The number of hydrogen-bond acceptors (Lipinski definition) is 2. The van der Waals surface area contributed by atoms with E-state index in [0.717, 1.165) is 12.3 Å². The third-order valence-corrected chi connectivity index (χ3v) is 5.09. The van der Waals surface area contributed by atoms with Crippen molar-refractivity contribution in [3.8, 4) is 0 Å². The highest BCUT2D eigenvalue weighted by Crippen LogP contribution is 2.48. The summed E-state index contributed by atoms with van der Waals surface area (Å²) in [6.07, 6.45) is 7.07. The minimum absolute atomic E-state index is 0.123. The fourth-order valence-electron chi connectivity index (χ4n) is 3.89. The van der Waals surface area contributed by atoms with Crippen LogP contribution in [0.2, 0.25) is 0 Å². The van der Waals surface area contributed by atoms with Crippen LogP contribution in [0.4, 0.5) is 0 Å². The SMILES string of the molecule is CC1=C[C@@H]2[C@H](CC1)[C@@H](C)CC[C@@H]2C(C)(O)CO. The van der Waals surface area contributed by atoms with Crippen LogP contribution in [0.1, 0.15) is 46.5 Å². The molecule has 2 rings (SSSR count). The first-order chi connectivity index (χ1) is 7.95. The Balaban J connectivity index is 2.26. The summed E-state index contributed by atoms with van der Waals surface area (Å²) in [4.78, 5) is 0. The fourth-order valence-corrected chi connectivity index (χ4v) is 3.89. The molecular weight excluding hydrogens is 212 g/mol. The van der Waals surface area contributed by atoms with Gasteiger partial charge < -0.3 is 10.2 Å². The summed E-state index contributed by atoms with van der Waals surface area (Å²) in [6.45, 7) is 6.21. The summed E-state index contributed by atoms with van der Waals surface area (Å²) in [5.41, 5.74) is 0.538. The van der Waals surface area contributed by atoms with Crippen molar-refractivity contribution in [2.75, 3.05) is 6.61 Å². The Labute approximate surface area is 105 Å². The average Bonchev–Trinajstić information content (AvgIpc) is 2.29. The summed E-state index contributed by atoms with van der Waals surface area (Å²) >= 11 is 0. The van der Waals surface area contributed by atoms with Crippen molar-refractivity contribution in [3.63, 3.8) is 0 Å². The predicted octanol–water partition coefficient (Wildman–Crippen LogP) is 2.75. The average molecular weight is 238 g/mol. The van der Waals surface area contributed by atoms with E-state index in [1.165, 1.54) is 24.8 Å². The molecule has 0 aliphatic heterocycles. The van der Waals surface area contributed by atoms with Gasteiger partial charge in [0.15, 0.2) is 0 Å². The quantitative estimate of drug-likeness (QED) is 0.726. The van der Waals surface area contributed by atoms with Gasteiger partial charge in [0.1, 0.15) is 0 Å². The number of hydrogen-bond donors (Lipinski definition) is 2. The van der Waals surface area contributed by atoms with Crippen LogP contribution < -0.4 is 0 Å². The first kappa shape index (κ1) is 13.1. The molecule has 2 nitrogen and oxygen atoms in total. The van der Waals surface area contributed by atoms with E-state index in [1.807, 2.05) is 0 Å². The fraction of sp³-hybridized carbons (Fsp3) is 0.867. The summed E-state index contributed by atoms with van der Waals surface area (Å²) in [7, 11) is 0. The molecule has 0 spiro atoms. The molecule has 0 heterocycles. The van der Waals surface area contributed by atoms with Gasteiger partial charge in [-0.15, -0.1) is 0 Å². The van der Waals surface area contributed by atoms with Crippen molar-refractivity contribution in [2.45, 2.75) is 52.1 Å². The Morgan fingerprint density at radius 3 is 2.71 bits per heavy atom. The lowest BCUT2D eigenvalue weighted by atomic mass is 9.59. The van der Waals surface area contributed by atoms with Gasteiger partial charge in [-0.05, 0) is 56.8 Å². The minimum Gasteiger partial charge on any atom is -0.393 e. The first-order valence-electron chi connectivity index (χ1n) is 6.96. The molecule has 0 aromatic carbocycles. The molecule has 2 aliphatic carbocycles. The monoisotopic (exact) mass is 238 g/mol. The molecule has 0 aromatic rings. The lowest BCUT2D eigenvalue weighted by molar-refractivity contribution is -0.0896. The number of rotatable bonds is 2. The van der Waals surface area contributed by atoms with Crippen LogP contribution in [0.15, 0.2) is 11.6 Å². The number of aliphatic hydroxyl groups excluding tert-OH is 1. The second-order valence-corrected chi connectivity index (χ2v) is 6.47. The van der Waals surface area contributed by atoms with Gasteiger partial charge in [0.05, 0.1) is 12.2 Å². The highest BCUT2D eigenvalue weighted by atomic mass is 16.3. The zero-order valence-corrected chi connectivity index (χ0v) is 11.3. The topological polar surface area (TPSA) is 40.5 Å². The third-order valence-electron chi connectivity index (χ3n) is 5.09. The smallest absolute Gasteiger partial charge is 0.0883 e. The summed E-state index contributed by atoms with van der Waals surface area (Å²) in [6, 6.07) is 0. The third kappa shape index (κ3) is 2.43. The molecule has 0 aromatic heterocycles. The van der Waals surface area contributed by atoms with Gasteiger partial charge in [-0.2, -0.15) is 0 Å². The van der Waals surface area contributed by atoms with Gasteiger partial charge in [-0.3, -0.25) is 0 Å². The van der Waals surface area contributed by atoms with E-state index in [2.05, 4.69) is 19.9 Å². The molecule has 2 N–H and O–H groups in total. The van der Waals surface area contributed by atoms with E-state index in [0.29, 0.717) is 11.8 Å². The summed E-state index contributed by atoms with van der Waals surface area (Å²) in [5, 5.41) is 19.8. The van der Waals surface area contributed by atoms with E-state index < -0.39 is 5.60 Å². The molecule has 0 bridgehead atoms. The van der Waals surface area contributed by atoms with Gasteiger partial charge in [0, 0.05) is 0 Å². The number of aliphatic hydroxyl groups is 2. The highest BCUT2D eigenvalue weighted by Gasteiger charge is 2.45. The molecule has 1 saturated carbocycles. The van der Waals surface area contributed by atoms with E-state index in [-0.39, 0.29) is 12.5 Å². The van der Waals surface area contributed by atoms with Crippen LogP contribution in [0.25, 0.3) is 0 Å². The Hall–Kier alpha value is -0.340. The Morgan fingerprint density at radius 2 is 2.06 bits per heavy atom. The van der Waals surface area contributed by atoms with Gasteiger partial charge >= 0.3 is 0 Å². The Morgan fingerprint density at radius 1 is 1.35 bits per heavy atom. The molecule has 0 saturated heterocycles. The van der Waals surface area contributed by atoms with Crippen LogP contribution in [-0.4, -0.2) is 22.4 Å². The zero-order valence-electron chi connectivity index (χ0n) is 11.3. The second-order valence-electron chi connectivity index (χ2n) is 6.47. The minimum atomic E-state index is -0.919. The first-order valence-corrected chi connectivity index (χ1v) is 6.96. The molecule has 0 radical (unpaired) electrons. The lowest BCUT2D eigenvalue weighted by Crippen LogP contribution is -2.48. The van der Waals surface area contributed by atoms with Crippen LogP contribution in [-0.2, 0) is 0 Å². The standard InChI is InChI=1S/C15H26O2/c1-10-4-6-12-11(2)5-7-14(13(12)8-10)15(3,17)9-16/h8,11-14,16-17H,4-7,9H2,1-3H3/t11-,12+,13+,14-,15?/m0/s1. The molecular formula is C15H26O2.